The minimum absolute atomic E-state index is 0.117. The summed E-state index contributed by atoms with van der Waals surface area (Å²) in [5.74, 6) is 0.707. The smallest absolute Gasteiger partial charge is 0.130 e. The zero-order valence-corrected chi connectivity index (χ0v) is 9.28. The first-order valence-corrected chi connectivity index (χ1v) is 4.85. The molecule has 3 heteroatoms. The molecular weight excluding hydrogens is 176 g/mol. The molecule has 78 valence electrons. The van der Waals surface area contributed by atoms with Gasteiger partial charge in [-0.2, -0.15) is 0 Å². The van der Waals surface area contributed by atoms with Crippen molar-refractivity contribution in [2.24, 2.45) is 5.41 Å². The summed E-state index contributed by atoms with van der Waals surface area (Å²) in [5, 5.41) is 9.83. The molecule has 0 fully saturated rings. The van der Waals surface area contributed by atoms with E-state index in [1.807, 2.05) is 27.7 Å². The van der Waals surface area contributed by atoms with Crippen molar-refractivity contribution in [2.75, 3.05) is 0 Å². The third-order valence-electron chi connectivity index (χ3n) is 2.21. The predicted molar refractivity (Wildman–Crippen MR) is 55.9 cm³/mol. The third kappa shape index (κ3) is 3.07. The maximum absolute atomic E-state index is 9.83. The summed E-state index contributed by atoms with van der Waals surface area (Å²) in [6, 6.07) is 0. The van der Waals surface area contributed by atoms with E-state index in [-0.39, 0.29) is 5.41 Å². The van der Waals surface area contributed by atoms with Crippen LogP contribution in [0.4, 0.5) is 0 Å². The summed E-state index contributed by atoms with van der Waals surface area (Å²) in [6.45, 7) is 7.97. The molecule has 0 saturated heterocycles. The van der Waals surface area contributed by atoms with Gasteiger partial charge >= 0.3 is 0 Å². The topological polar surface area (TPSA) is 46.0 Å². The molecule has 0 spiro atoms. The van der Waals surface area contributed by atoms with Gasteiger partial charge in [0.05, 0.1) is 6.10 Å². The highest BCUT2D eigenvalue weighted by atomic mass is 16.3. The molecule has 0 radical (unpaired) electrons. The number of hydrogen-bond donors (Lipinski definition) is 1. The molecule has 0 amide bonds. The highest BCUT2D eigenvalue weighted by Gasteiger charge is 2.22. The van der Waals surface area contributed by atoms with Gasteiger partial charge in [0.2, 0.25) is 0 Å². The Labute approximate surface area is 85.2 Å². The Bertz CT molecular complexity index is 287. The van der Waals surface area contributed by atoms with E-state index in [0.29, 0.717) is 12.2 Å². The van der Waals surface area contributed by atoms with Gasteiger partial charge in [-0.3, -0.25) is 0 Å². The van der Waals surface area contributed by atoms with Crippen LogP contribution in [0.15, 0.2) is 12.4 Å². The Morgan fingerprint density at radius 1 is 1.29 bits per heavy atom. The molecule has 0 aliphatic heterocycles. The Morgan fingerprint density at radius 3 is 2.21 bits per heavy atom. The van der Waals surface area contributed by atoms with Gasteiger partial charge in [0.25, 0.3) is 0 Å². The van der Waals surface area contributed by atoms with Crippen molar-refractivity contribution >= 4 is 0 Å². The van der Waals surface area contributed by atoms with E-state index in [2.05, 4.69) is 9.97 Å². The lowest BCUT2D eigenvalue weighted by molar-refractivity contribution is 0.0618. The van der Waals surface area contributed by atoms with E-state index in [1.165, 1.54) is 0 Å². The van der Waals surface area contributed by atoms with Crippen molar-refractivity contribution in [3.05, 3.63) is 23.8 Å². The van der Waals surface area contributed by atoms with Crippen LogP contribution in [0, 0.1) is 12.3 Å². The van der Waals surface area contributed by atoms with Gasteiger partial charge in [0.1, 0.15) is 5.82 Å². The van der Waals surface area contributed by atoms with E-state index < -0.39 is 6.10 Å². The van der Waals surface area contributed by atoms with Crippen LogP contribution in [0.2, 0.25) is 0 Å². The second-order valence-electron chi connectivity index (χ2n) is 4.76. The third-order valence-corrected chi connectivity index (χ3v) is 2.21. The molecule has 14 heavy (non-hydrogen) atoms. The number of nitrogens with zero attached hydrogens (tertiary/aromatic N) is 2. The van der Waals surface area contributed by atoms with Crippen LogP contribution >= 0.6 is 0 Å². The first-order valence-electron chi connectivity index (χ1n) is 4.85. The van der Waals surface area contributed by atoms with Crippen molar-refractivity contribution in [1.82, 2.24) is 9.97 Å². The number of aliphatic hydroxyl groups excluding tert-OH is 1. The maximum Gasteiger partial charge on any atom is 0.130 e. The van der Waals surface area contributed by atoms with Gasteiger partial charge in [0, 0.05) is 18.8 Å². The Morgan fingerprint density at radius 2 is 1.79 bits per heavy atom. The summed E-state index contributed by atoms with van der Waals surface area (Å²) in [6.07, 6.45) is 3.67. The van der Waals surface area contributed by atoms with Gasteiger partial charge in [-0.05, 0) is 17.9 Å². The van der Waals surface area contributed by atoms with Gasteiger partial charge in [-0.25, -0.2) is 9.97 Å². The van der Waals surface area contributed by atoms with Crippen LogP contribution in [0.25, 0.3) is 0 Å². The van der Waals surface area contributed by atoms with Crippen LogP contribution in [-0.4, -0.2) is 21.2 Å². The molecule has 1 aromatic heterocycles. The van der Waals surface area contributed by atoms with E-state index in [9.17, 15) is 5.11 Å². The first kappa shape index (κ1) is 11.1. The normalized spacial score (nSPS) is 14.1. The molecule has 0 bridgehead atoms. The molecule has 1 atom stereocenters. The van der Waals surface area contributed by atoms with Crippen molar-refractivity contribution in [3.63, 3.8) is 0 Å². The minimum atomic E-state index is -0.398. The molecule has 3 nitrogen and oxygen atoms in total. The number of rotatable bonds is 2. The zero-order chi connectivity index (χ0) is 10.8. The molecular formula is C11H18N2O. The average Bonchev–Trinajstić information content (AvgIpc) is 2.07. The quantitative estimate of drug-likeness (QED) is 0.780. The second-order valence-corrected chi connectivity index (χ2v) is 4.76. The van der Waals surface area contributed by atoms with E-state index in [0.717, 1.165) is 5.56 Å². The zero-order valence-electron chi connectivity index (χ0n) is 9.28. The highest BCUT2D eigenvalue weighted by Crippen LogP contribution is 2.21. The van der Waals surface area contributed by atoms with E-state index >= 15 is 0 Å². The van der Waals surface area contributed by atoms with Gasteiger partial charge in [-0.15, -0.1) is 0 Å². The number of aryl methyl sites for hydroxylation is 1. The van der Waals surface area contributed by atoms with Crippen molar-refractivity contribution in [1.29, 1.82) is 0 Å². The van der Waals surface area contributed by atoms with E-state index in [4.69, 9.17) is 0 Å². The van der Waals surface area contributed by atoms with Crippen molar-refractivity contribution in [2.45, 2.75) is 40.2 Å². The van der Waals surface area contributed by atoms with Gasteiger partial charge < -0.3 is 5.11 Å². The lowest BCUT2D eigenvalue weighted by Crippen LogP contribution is -2.28. The van der Waals surface area contributed by atoms with Gasteiger partial charge in [-0.1, -0.05) is 20.8 Å². The molecule has 1 aromatic rings. The summed E-state index contributed by atoms with van der Waals surface area (Å²) >= 11 is 0. The standard InChI is InChI=1S/C11H18N2O/c1-8-6-12-10(13-7-8)5-9(14)11(2,3)4/h6-7,9,14H,5H2,1-4H3. The van der Waals surface area contributed by atoms with E-state index in [1.54, 1.807) is 12.4 Å². The van der Waals surface area contributed by atoms with Crippen LogP contribution < -0.4 is 0 Å². The fourth-order valence-electron chi connectivity index (χ4n) is 1.00. The lowest BCUT2D eigenvalue weighted by Gasteiger charge is -2.24. The molecule has 1 rings (SSSR count). The van der Waals surface area contributed by atoms with Crippen molar-refractivity contribution in [3.8, 4) is 0 Å². The lowest BCUT2D eigenvalue weighted by atomic mass is 9.87. The minimum Gasteiger partial charge on any atom is -0.392 e. The number of aliphatic hydroxyl groups is 1. The van der Waals surface area contributed by atoms with Crippen LogP contribution in [0.5, 0.6) is 0 Å². The average molecular weight is 194 g/mol. The summed E-state index contributed by atoms with van der Waals surface area (Å²) in [7, 11) is 0. The predicted octanol–water partition coefficient (Wildman–Crippen LogP) is 1.73. The fraction of sp³-hybridized carbons (Fsp3) is 0.636. The van der Waals surface area contributed by atoms with Gasteiger partial charge in [0.15, 0.2) is 0 Å². The molecule has 1 heterocycles. The number of hydrogen-bond acceptors (Lipinski definition) is 3. The molecule has 0 saturated carbocycles. The molecule has 1 unspecified atom stereocenters. The largest absolute Gasteiger partial charge is 0.392 e. The fourth-order valence-corrected chi connectivity index (χ4v) is 1.00. The summed E-state index contributed by atoms with van der Waals surface area (Å²) in [4.78, 5) is 8.32. The Hall–Kier alpha value is -0.960. The monoisotopic (exact) mass is 194 g/mol. The van der Waals surface area contributed by atoms with Crippen molar-refractivity contribution < 1.29 is 5.11 Å². The highest BCUT2D eigenvalue weighted by molar-refractivity contribution is 5.02. The molecule has 0 aromatic carbocycles. The first-order chi connectivity index (χ1) is 6.39. The number of aromatic nitrogens is 2. The molecule has 1 N–H and O–H groups in total. The molecule has 0 aliphatic rings. The van der Waals surface area contributed by atoms with Crippen LogP contribution in [0.1, 0.15) is 32.2 Å². The second kappa shape index (κ2) is 4.05. The SMILES string of the molecule is Cc1cnc(CC(O)C(C)(C)C)nc1. The maximum atomic E-state index is 9.83. The summed E-state index contributed by atoms with van der Waals surface area (Å²) < 4.78 is 0. The Balaban J connectivity index is 2.65. The summed E-state index contributed by atoms with van der Waals surface area (Å²) in [5.41, 5.74) is 0.924. The van der Waals surface area contributed by atoms with Crippen LogP contribution in [0.3, 0.4) is 0 Å². The Kier molecular flexibility index (Phi) is 3.21. The molecule has 0 aliphatic carbocycles. The van der Waals surface area contributed by atoms with Crippen LogP contribution in [-0.2, 0) is 6.42 Å².